The lowest BCUT2D eigenvalue weighted by Crippen LogP contribution is -2.47. The van der Waals surface area contributed by atoms with Crippen molar-refractivity contribution in [2.75, 3.05) is 46.9 Å². The van der Waals surface area contributed by atoms with Crippen LogP contribution in [-0.4, -0.2) is 92.5 Å². The van der Waals surface area contributed by atoms with Crippen molar-refractivity contribution >= 4 is 23.6 Å². The lowest BCUT2D eigenvalue weighted by atomic mass is 10.2. The highest BCUT2D eigenvalue weighted by Crippen LogP contribution is 2.28. The summed E-state index contributed by atoms with van der Waals surface area (Å²) in [7, 11) is 3.11. The molecule has 0 unspecified atom stereocenters. The second kappa shape index (κ2) is 13.5. The van der Waals surface area contributed by atoms with Crippen LogP contribution in [0, 0.1) is 0 Å². The Morgan fingerprint density at radius 2 is 1.86 bits per heavy atom. The molecule has 0 fully saturated rings. The van der Waals surface area contributed by atoms with Crippen molar-refractivity contribution in [3.63, 3.8) is 0 Å². The Kier molecular flexibility index (Phi) is 10.8. The average molecular weight is 492 g/mol. The van der Waals surface area contributed by atoms with Gasteiger partial charge in [-0.2, -0.15) is 0 Å². The molecule has 4 N–H and O–H groups in total. The van der Waals surface area contributed by atoms with E-state index in [1.54, 1.807) is 42.8 Å². The van der Waals surface area contributed by atoms with Gasteiger partial charge in [0.2, 0.25) is 11.8 Å². The number of likely N-dealkylation sites (N-methyl/N-ethyl adjacent to an activating group) is 1. The summed E-state index contributed by atoms with van der Waals surface area (Å²) in [6, 6.07) is 3.29. The van der Waals surface area contributed by atoms with E-state index in [4.69, 9.17) is 15.2 Å². The number of nitrogens with one attached hydrogen (secondary N) is 2. The zero-order valence-corrected chi connectivity index (χ0v) is 21.0. The number of methoxy groups -OCH3 is 1. The summed E-state index contributed by atoms with van der Waals surface area (Å²) in [6.45, 7) is 4.75. The van der Waals surface area contributed by atoms with Crippen molar-refractivity contribution in [3.8, 4) is 11.5 Å². The highest BCUT2D eigenvalue weighted by Gasteiger charge is 2.21. The Labute approximate surface area is 206 Å². The Hall–Kier alpha value is -3.34. The van der Waals surface area contributed by atoms with Gasteiger partial charge in [0.15, 0.2) is 18.1 Å². The highest BCUT2D eigenvalue weighted by atomic mass is 16.5. The standard InChI is InChI=1S/C24H37N5O6/c1-16(25)23(32)29-12-6-5-11-28(3)24(33)17(2)27-21(30)15-35-19-9-8-18(14-20(19)34-4)22(31)26-10-7-13-29/h8-9,14,16-17H,5-7,10-13,15,25H2,1-4H3,(H,26,31)(H,27,30)/t16-,17-/m0/s1. The van der Waals surface area contributed by atoms with Gasteiger partial charge < -0.3 is 35.6 Å². The molecule has 0 spiro atoms. The molecule has 2 aliphatic rings. The van der Waals surface area contributed by atoms with Crippen LogP contribution in [0.3, 0.4) is 0 Å². The van der Waals surface area contributed by atoms with Crippen molar-refractivity contribution in [1.82, 2.24) is 20.4 Å². The van der Waals surface area contributed by atoms with Gasteiger partial charge in [0.25, 0.3) is 11.8 Å². The number of rotatable bonds is 2. The van der Waals surface area contributed by atoms with E-state index < -0.39 is 18.0 Å². The van der Waals surface area contributed by atoms with Gasteiger partial charge in [-0.1, -0.05) is 0 Å². The number of ether oxygens (including phenoxy) is 2. The fraction of sp³-hybridized carbons (Fsp3) is 0.583. The average Bonchev–Trinajstić information content (AvgIpc) is 2.84. The summed E-state index contributed by atoms with van der Waals surface area (Å²) in [5.74, 6) is -0.534. The van der Waals surface area contributed by atoms with Gasteiger partial charge in [-0.15, -0.1) is 0 Å². The van der Waals surface area contributed by atoms with Crippen LogP contribution in [0.1, 0.15) is 43.5 Å². The van der Waals surface area contributed by atoms with E-state index in [1.807, 2.05) is 0 Å². The van der Waals surface area contributed by atoms with E-state index in [2.05, 4.69) is 10.6 Å². The summed E-state index contributed by atoms with van der Waals surface area (Å²) in [5.41, 5.74) is 6.18. The number of benzene rings is 1. The number of hydrogen-bond donors (Lipinski definition) is 3. The first-order valence-electron chi connectivity index (χ1n) is 11.8. The maximum absolute atomic E-state index is 12.6. The number of carbonyl (C=O) groups excluding carboxylic acids is 4. The topological polar surface area (TPSA) is 143 Å². The van der Waals surface area contributed by atoms with Gasteiger partial charge in [0.05, 0.1) is 13.2 Å². The largest absolute Gasteiger partial charge is 0.493 e. The maximum atomic E-state index is 12.6. The number of carbonyl (C=O) groups is 4. The van der Waals surface area contributed by atoms with E-state index >= 15 is 0 Å². The maximum Gasteiger partial charge on any atom is 0.258 e. The molecule has 0 radical (unpaired) electrons. The summed E-state index contributed by atoms with van der Waals surface area (Å²) in [5, 5.41) is 5.47. The molecule has 35 heavy (non-hydrogen) atoms. The fourth-order valence-electron chi connectivity index (χ4n) is 3.70. The van der Waals surface area contributed by atoms with E-state index in [0.29, 0.717) is 62.5 Å². The van der Waals surface area contributed by atoms with Crippen molar-refractivity contribution in [1.29, 1.82) is 0 Å². The van der Waals surface area contributed by atoms with E-state index in [9.17, 15) is 19.2 Å². The molecule has 2 atom stereocenters. The van der Waals surface area contributed by atoms with Crippen LogP contribution < -0.4 is 25.8 Å². The zero-order chi connectivity index (χ0) is 26.0. The van der Waals surface area contributed by atoms with Gasteiger partial charge in [0.1, 0.15) is 6.04 Å². The minimum atomic E-state index is -0.727. The first kappa shape index (κ1) is 27.9. The normalized spacial score (nSPS) is 20.3. The van der Waals surface area contributed by atoms with Crippen LogP contribution in [0.4, 0.5) is 0 Å². The Morgan fingerprint density at radius 3 is 2.54 bits per heavy atom. The highest BCUT2D eigenvalue weighted by molar-refractivity contribution is 5.95. The van der Waals surface area contributed by atoms with Crippen molar-refractivity contribution < 1.29 is 28.7 Å². The fourth-order valence-corrected chi connectivity index (χ4v) is 3.70. The molecule has 3 rings (SSSR count). The minimum absolute atomic E-state index is 0.157. The van der Waals surface area contributed by atoms with Crippen LogP contribution in [0.2, 0.25) is 0 Å². The predicted octanol–water partition coefficient (Wildman–Crippen LogP) is 0.127. The van der Waals surface area contributed by atoms with Crippen LogP contribution in [0.15, 0.2) is 18.2 Å². The molecule has 194 valence electrons. The Balaban J connectivity index is 2.18. The molecule has 11 nitrogen and oxygen atoms in total. The zero-order valence-electron chi connectivity index (χ0n) is 21.0. The van der Waals surface area contributed by atoms with E-state index in [0.717, 1.165) is 0 Å². The molecule has 0 aromatic heterocycles. The molecule has 1 aromatic rings. The third-order valence-corrected chi connectivity index (χ3v) is 5.67. The van der Waals surface area contributed by atoms with Crippen molar-refractivity contribution in [2.24, 2.45) is 5.73 Å². The Morgan fingerprint density at radius 1 is 1.17 bits per heavy atom. The number of hydrogen-bond acceptors (Lipinski definition) is 7. The molecule has 2 bridgehead atoms. The number of amides is 4. The molecule has 4 amide bonds. The van der Waals surface area contributed by atoms with E-state index in [1.165, 1.54) is 13.2 Å². The van der Waals surface area contributed by atoms with Crippen molar-refractivity contribution in [3.05, 3.63) is 23.8 Å². The minimum Gasteiger partial charge on any atom is -0.493 e. The van der Waals surface area contributed by atoms with Gasteiger partial charge in [-0.25, -0.2) is 0 Å². The molecule has 11 heteroatoms. The van der Waals surface area contributed by atoms with Crippen LogP contribution in [-0.2, 0) is 14.4 Å². The van der Waals surface area contributed by atoms with Gasteiger partial charge in [-0.05, 0) is 51.3 Å². The van der Waals surface area contributed by atoms with Crippen LogP contribution in [0.25, 0.3) is 0 Å². The predicted molar refractivity (Wildman–Crippen MR) is 130 cm³/mol. The van der Waals surface area contributed by atoms with Crippen molar-refractivity contribution in [2.45, 2.75) is 45.2 Å². The lowest BCUT2D eigenvalue weighted by molar-refractivity contribution is -0.135. The van der Waals surface area contributed by atoms with E-state index in [-0.39, 0.29) is 24.3 Å². The van der Waals surface area contributed by atoms with Crippen LogP contribution in [0.5, 0.6) is 11.5 Å². The van der Waals surface area contributed by atoms with Gasteiger partial charge in [0, 0.05) is 38.8 Å². The summed E-state index contributed by atoms with van der Waals surface area (Å²) in [6.07, 6.45) is 1.93. The second-order valence-corrected chi connectivity index (χ2v) is 8.63. The summed E-state index contributed by atoms with van der Waals surface area (Å²) < 4.78 is 10.9. The first-order chi connectivity index (χ1) is 16.6. The monoisotopic (exact) mass is 491 g/mol. The van der Waals surface area contributed by atoms with Crippen LogP contribution >= 0.6 is 0 Å². The third-order valence-electron chi connectivity index (χ3n) is 5.67. The number of nitrogens with zero attached hydrogens (tertiary/aromatic N) is 2. The molecular weight excluding hydrogens is 454 g/mol. The molecule has 0 aliphatic carbocycles. The number of fused-ring (bicyclic) bond motifs is 18. The first-order valence-corrected chi connectivity index (χ1v) is 11.8. The number of nitrogens with two attached hydrogens (primary N) is 1. The lowest BCUT2D eigenvalue weighted by Gasteiger charge is -2.26. The summed E-state index contributed by atoms with van der Waals surface area (Å²) >= 11 is 0. The summed E-state index contributed by atoms with van der Waals surface area (Å²) in [4.78, 5) is 53.3. The van der Waals surface area contributed by atoms with Gasteiger partial charge in [-0.3, -0.25) is 19.2 Å². The second-order valence-electron chi connectivity index (χ2n) is 8.63. The molecule has 2 aliphatic heterocycles. The molecule has 0 saturated carbocycles. The molecule has 2 heterocycles. The smallest absolute Gasteiger partial charge is 0.258 e. The molecular formula is C24H37N5O6. The molecule has 0 saturated heterocycles. The third kappa shape index (κ3) is 8.43. The quantitative estimate of drug-likeness (QED) is 0.499. The SMILES string of the molecule is COc1cc2ccc1OCC(=O)N[C@@H](C)C(=O)N(C)CCCCN(C(=O)[C@H](C)N)CCCNC2=O. The Bertz CT molecular complexity index is 906. The molecule has 1 aromatic carbocycles. The van der Waals surface area contributed by atoms with Gasteiger partial charge >= 0.3 is 0 Å².